The van der Waals surface area contributed by atoms with Crippen molar-refractivity contribution in [3.63, 3.8) is 0 Å². The highest BCUT2D eigenvalue weighted by Gasteiger charge is 2.18. The molecule has 2 aromatic heterocycles. The minimum atomic E-state index is -0.411. The molecule has 1 unspecified atom stereocenters. The fourth-order valence-corrected chi connectivity index (χ4v) is 4.37. The number of aromatic nitrogens is 3. The van der Waals surface area contributed by atoms with Crippen LogP contribution in [-0.2, 0) is 11.2 Å². The van der Waals surface area contributed by atoms with Gasteiger partial charge in [0.05, 0.1) is 18.5 Å². The third-order valence-electron chi connectivity index (χ3n) is 6.54. The molecule has 0 aliphatic rings. The molecular weight excluding hydrogens is 474 g/mol. The molecule has 5 rings (SSSR count). The summed E-state index contributed by atoms with van der Waals surface area (Å²) in [7, 11) is 1.65. The number of ether oxygens (including phenoxy) is 1. The minimum absolute atomic E-state index is 0.338. The van der Waals surface area contributed by atoms with E-state index in [1.54, 1.807) is 19.5 Å². The molecule has 0 fully saturated rings. The van der Waals surface area contributed by atoms with E-state index in [1.165, 1.54) is 5.56 Å². The lowest BCUT2D eigenvalue weighted by Gasteiger charge is -2.17. The molecule has 3 aromatic carbocycles. The fourth-order valence-electron chi connectivity index (χ4n) is 4.37. The highest BCUT2D eigenvalue weighted by atomic mass is 16.5. The van der Waals surface area contributed by atoms with Crippen LogP contribution in [0.4, 0.5) is 5.82 Å². The number of methoxy groups -OCH3 is 1. The molecule has 0 spiro atoms. The molecule has 5 aromatic rings. The van der Waals surface area contributed by atoms with Crippen LogP contribution in [0.25, 0.3) is 33.4 Å². The Morgan fingerprint density at radius 3 is 2.47 bits per heavy atom. The first-order valence-electron chi connectivity index (χ1n) is 12.5. The van der Waals surface area contributed by atoms with Crippen LogP contribution in [0.5, 0.6) is 5.75 Å². The van der Waals surface area contributed by atoms with Gasteiger partial charge in [0.1, 0.15) is 11.6 Å². The van der Waals surface area contributed by atoms with E-state index < -0.39 is 5.92 Å². The summed E-state index contributed by atoms with van der Waals surface area (Å²) in [5.41, 5.74) is 11.6. The molecule has 0 bridgehead atoms. The van der Waals surface area contributed by atoms with E-state index in [0.29, 0.717) is 24.6 Å². The maximum Gasteiger partial charge on any atom is 0.222 e. The number of hydrogen-bond acceptors (Lipinski definition) is 6. The predicted molar refractivity (Wildman–Crippen MR) is 151 cm³/mol. The van der Waals surface area contributed by atoms with E-state index in [-0.39, 0.29) is 5.91 Å². The van der Waals surface area contributed by atoms with Gasteiger partial charge < -0.3 is 15.8 Å². The van der Waals surface area contributed by atoms with Gasteiger partial charge in [-0.2, -0.15) is 0 Å². The molecule has 1 atom stereocenters. The highest BCUT2D eigenvalue weighted by Crippen LogP contribution is 2.31. The molecule has 0 saturated heterocycles. The normalized spacial score (nSPS) is 11.7. The second kappa shape index (κ2) is 11.1. The van der Waals surface area contributed by atoms with Gasteiger partial charge in [0, 0.05) is 29.9 Å². The Hall–Kier alpha value is -4.78. The second-order valence-corrected chi connectivity index (χ2v) is 9.27. The van der Waals surface area contributed by atoms with Crippen molar-refractivity contribution in [3.05, 3.63) is 102 Å². The van der Waals surface area contributed by atoms with Crippen molar-refractivity contribution >= 4 is 22.6 Å². The Kier molecular flexibility index (Phi) is 7.26. The van der Waals surface area contributed by atoms with E-state index >= 15 is 0 Å². The van der Waals surface area contributed by atoms with Gasteiger partial charge in [-0.25, -0.2) is 9.97 Å². The summed E-state index contributed by atoms with van der Waals surface area (Å²) < 4.78 is 5.41. The Labute approximate surface area is 221 Å². The van der Waals surface area contributed by atoms with Gasteiger partial charge in [-0.05, 0) is 66.4 Å². The Bertz CT molecular complexity index is 1570. The number of anilines is 1. The van der Waals surface area contributed by atoms with Gasteiger partial charge in [0.2, 0.25) is 5.91 Å². The number of primary amides is 1. The smallest absolute Gasteiger partial charge is 0.222 e. The number of fused-ring (bicyclic) bond motifs is 1. The molecule has 7 nitrogen and oxygen atoms in total. The monoisotopic (exact) mass is 503 g/mol. The van der Waals surface area contributed by atoms with Crippen molar-refractivity contribution < 1.29 is 9.53 Å². The van der Waals surface area contributed by atoms with Crippen molar-refractivity contribution in [1.29, 1.82) is 0 Å². The van der Waals surface area contributed by atoms with Gasteiger partial charge in [-0.15, -0.1) is 0 Å². The first-order chi connectivity index (χ1) is 18.5. The lowest BCUT2D eigenvalue weighted by molar-refractivity contribution is -0.121. The summed E-state index contributed by atoms with van der Waals surface area (Å²) in [4.78, 5) is 26.2. The zero-order valence-corrected chi connectivity index (χ0v) is 21.4. The van der Waals surface area contributed by atoms with Crippen molar-refractivity contribution in [2.45, 2.75) is 13.3 Å². The average molecular weight is 504 g/mol. The molecular formula is C31H29N5O2. The van der Waals surface area contributed by atoms with Crippen LogP contribution in [0.2, 0.25) is 0 Å². The molecule has 0 aliphatic heterocycles. The SMILES string of the molecule is COc1cccc(-c2ccc3nc(-c4cccnc4)nc(NCC(Cc4ccc(C)cc4)C(N)=O)c3c2)c1. The average Bonchev–Trinajstić information content (AvgIpc) is 2.96. The van der Waals surface area contributed by atoms with E-state index in [1.807, 2.05) is 79.7 Å². The van der Waals surface area contributed by atoms with Crippen LogP contribution in [0.15, 0.2) is 91.3 Å². The maximum absolute atomic E-state index is 12.4. The van der Waals surface area contributed by atoms with Crippen molar-refractivity contribution in [2.24, 2.45) is 11.7 Å². The van der Waals surface area contributed by atoms with E-state index in [4.69, 9.17) is 20.4 Å². The van der Waals surface area contributed by atoms with Gasteiger partial charge in [-0.3, -0.25) is 9.78 Å². The maximum atomic E-state index is 12.4. The fraction of sp³-hybridized carbons (Fsp3) is 0.161. The van der Waals surface area contributed by atoms with Crippen LogP contribution in [0.3, 0.4) is 0 Å². The number of nitrogens with one attached hydrogen (secondary N) is 1. The predicted octanol–water partition coefficient (Wildman–Crippen LogP) is 5.43. The van der Waals surface area contributed by atoms with Gasteiger partial charge in [0.25, 0.3) is 0 Å². The number of nitrogens with two attached hydrogens (primary N) is 1. The van der Waals surface area contributed by atoms with Crippen LogP contribution < -0.4 is 15.8 Å². The summed E-state index contributed by atoms with van der Waals surface area (Å²) >= 11 is 0. The zero-order valence-electron chi connectivity index (χ0n) is 21.4. The van der Waals surface area contributed by atoms with E-state index in [0.717, 1.165) is 38.9 Å². The van der Waals surface area contributed by atoms with Crippen LogP contribution in [0, 0.1) is 12.8 Å². The number of rotatable bonds is 9. The number of pyridine rings is 1. The zero-order chi connectivity index (χ0) is 26.5. The number of nitrogens with zero attached hydrogens (tertiary/aromatic N) is 3. The molecule has 0 saturated carbocycles. The van der Waals surface area contributed by atoms with Crippen molar-refractivity contribution in [2.75, 3.05) is 19.0 Å². The van der Waals surface area contributed by atoms with Crippen LogP contribution in [-0.4, -0.2) is 34.5 Å². The summed E-state index contributed by atoms with van der Waals surface area (Å²) in [6, 6.07) is 25.9. The van der Waals surface area contributed by atoms with Crippen molar-refractivity contribution in [3.8, 4) is 28.3 Å². The molecule has 0 aliphatic carbocycles. The number of benzene rings is 3. The summed E-state index contributed by atoms with van der Waals surface area (Å²) in [6.45, 7) is 2.38. The molecule has 38 heavy (non-hydrogen) atoms. The van der Waals surface area contributed by atoms with Gasteiger partial charge in [0.15, 0.2) is 5.82 Å². The molecule has 2 heterocycles. The molecule has 0 radical (unpaired) electrons. The Balaban J connectivity index is 1.52. The van der Waals surface area contributed by atoms with Gasteiger partial charge >= 0.3 is 0 Å². The molecule has 1 amide bonds. The van der Waals surface area contributed by atoms with Crippen LogP contribution in [0.1, 0.15) is 11.1 Å². The number of hydrogen-bond donors (Lipinski definition) is 2. The van der Waals surface area contributed by atoms with Crippen LogP contribution >= 0.6 is 0 Å². The lowest BCUT2D eigenvalue weighted by atomic mass is 9.97. The van der Waals surface area contributed by atoms with Gasteiger partial charge in [-0.1, -0.05) is 48.0 Å². The third kappa shape index (κ3) is 5.62. The minimum Gasteiger partial charge on any atom is -0.497 e. The lowest BCUT2D eigenvalue weighted by Crippen LogP contribution is -2.31. The molecule has 7 heteroatoms. The largest absolute Gasteiger partial charge is 0.497 e. The first-order valence-corrected chi connectivity index (χ1v) is 12.5. The topological polar surface area (TPSA) is 103 Å². The van der Waals surface area contributed by atoms with E-state index in [2.05, 4.69) is 16.4 Å². The van der Waals surface area contributed by atoms with Crippen molar-refractivity contribution in [1.82, 2.24) is 15.0 Å². The highest BCUT2D eigenvalue weighted by molar-refractivity contribution is 5.94. The molecule has 3 N–H and O–H groups in total. The van der Waals surface area contributed by atoms with E-state index in [9.17, 15) is 4.79 Å². The number of aryl methyl sites for hydroxylation is 1. The second-order valence-electron chi connectivity index (χ2n) is 9.27. The Morgan fingerprint density at radius 1 is 0.947 bits per heavy atom. The standard InChI is InChI=1S/C31H29N5O2/c1-20-8-10-21(11-9-20)15-25(29(32)37)19-34-31-27-17-23(22-5-3-7-26(16-22)38-2)12-13-28(27)35-30(36-31)24-6-4-14-33-18-24/h3-14,16-18,25H,15,19H2,1-2H3,(H2,32,37)(H,34,35,36). The third-order valence-corrected chi connectivity index (χ3v) is 6.54. The number of amides is 1. The Morgan fingerprint density at radius 2 is 1.74 bits per heavy atom. The number of carbonyl (C=O) groups excluding carboxylic acids is 1. The number of carbonyl (C=O) groups is 1. The summed E-state index contributed by atoms with van der Waals surface area (Å²) in [5, 5.41) is 4.26. The first kappa shape index (κ1) is 24.9. The summed E-state index contributed by atoms with van der Waals surface area (Å²) in [5.74, 6) is 1.20. The molecule has 190 valence electrons. The summed E-state index contributed by atoms with van der Waals surface area (Å²) in [6.07, 6.45) is 3.99. The quantitative estimate of drug-likeness (QED) is 0.278.